The lowest BCUT2D eigenvalue weighted by Crippen LogP contribution is -2.49. The second-order valence-corrected chi connectivity index (χ2v) is 7.38. The van der Waals surface area contributed by atoms with Gasteiger partial charge in [0.25, 0.3) is 5.91 Å². The van der Waals surface area contributed by atoms with Crippen molar-refractivity contribution in [2.24, 2.45) is 5.92 Å². The van der Waals surface area contributed by atoms with E-state index in [2.05, 4.69) is 0 Å². The van der Waals surface area contributed by atoms with Gasteiger partial charge in [-0.1, -0.05) is 30.3 Å². The van der Waals surface area contributed by atoms with Crippen LogP contribution in [-0.2, 0) is 20.7 Å². The molecule has 0 radical (unpaired) electrons. The number of benzene rings is 2. The quantitative estimate of drug-likeness (QED) is 0.820. The van der Waals surface area contributed by atoms with Gasteiger partial charge in [-0.25, -0.2) is 4.39 Å². The monoisotopic (exact) mass is 382 g/mol. The molecule has 6 heteroatoms. The van der Waals surface area contributed by atoms with Crippen molar-refractivity contribution in [1.82, 2.24) is 4.90 Å². The summed E-state index contributed by atoms with van der Waals surface area (Å²) < 4.78 is 18.9. The van der Waals surface area contributed by atoms with Crippen molar-refractivity contribution in [2.75, 3.05) is 31.1 Å². The van der Waals surface area contributed by atoms with Crippen molar-refractivity contribution in [3.63, 3.8) is 0 Å². The lowest BCUT2D eigenvalue weighted by atomic mass is 9.93. The van der Waals surface area contributed by atoms with Gasteiger partial charge in [-0.3, -0.25) is 9.59 Å². The van der Waals surface area contributed by atoms with Gasteiger partial charge in [-0.15, -0.1) is 0 Å². The maximum atomic E-state index is 13.1. The molecule has 0 aromatic heterocycles. The Morgan fingerprint density at radius 1 is 1.07 bits per heavy atom. The number of rotatable bonds is 3. The van der Waals surface area contributed by atoms with Crippen LogP contribution in [-0.4, -0.2) is 49.1 Å². The molecule has 2 amide bonds. The van der Waals surface area contributed by atoms with E-state index in [4.69, 9.17) is 4.74 Å². The third-order valence-corrected chi connectivity index (χ3v) is 5.49. The minimum atomic E-state index is -0.307. The molecule has 146 valence electrons. The first-order valence-electron chi connectivity index (χ1n) is 9.59. The van der Waals surface area contributed by atoms with Gasteiger partial charge < -0.3 is 14.5 Å². The van der Waals surface area contributed by atoms with Gasteiger partial charge in [0, 0.05) is 31.2 Å². The molecule has 0 N–H and O–H groups in total. The predicted octanol–water partition coefficient (Wildman–Crippen LogP) is 2.65. The van der Waals surface area contributed by atoms with Crippen LogP contribution >= 0.6 is 0 Å². The highest BCUT2D eigenvalue weighted by molar-refractivity contribution is 5.94. The first-order valence-corrected chi connectivity index (χ1v) is 9.59. The summed E-state index contributed by atoms with van der Waals surface area (Å²) in [7, 11) is 0. The molecule has 2 atom stereocenters. The number of hydrogen-bond acceptors (Lipinski definition) is 3. The summed E-state index contributed by atoms with van der Waals surface area (Å²) in [5.41, 5.74) is 1.65. The number of halogens is 1. The van der Waals surface area contributed by atoms with Crippen LogP contribution in [0.25, 0.3) is 0 Å². The maximum absolute atomic E-state index is 13.1. The second-order valence-electron chi connectivity index (χ2n) is 7.38. The molecule has 0 unspecified atom stereocenters. The predicted molar refractivity (Wildman–Crippen MR) is 103 cm³/mol. The molecule has 2 heterocycles. The number of fused-ring (bicyclic) bond motifs is 1. The number of piperidine rings is 1. The van der Waals surface area contributed by atoms with Gasteiger partial charge >= 0.3 is 0 Å². The fourth-order valence-corrected chi connectivity index (χ4v) is 3.97. The number of amides is 2. The number of carbonyl (C=O) groups excluding carboxylic acids is 2. The molecular weight excluding hydrogens is 359 g/mol. The minimum Gasteiger partial charge on any atom is -0.368 e. The summed E-state index contributed by atoms with van der Waals surface area (Å²) in [5, 5.41) is 0. The van der Waals surface area contributed by atoms with Crippen LogP contribution in [0, 0.1) is 11.7 Å². The van der Waals surface area contributed by atoms with E-state index < -0.39 is 0 Å². The summed E-state index contributed by atoms with van der Waals surface area (Å²) in [6.45, 7) is 1.77. The zero-order valence-electron chi connectivity index (χ0n) is 15.6. The number of carbonyl (C=O) groups is 2. The molecule has 5 nitrogen and oxygen atoms in total. The van der Waals surface area contributed by atoms with Crippen molar-refractivity contribution in [3.8, 4) is 0 Å². The SMILES string of the molecule is O=C(Cc1ccc(F)cc1)N1CC[C@@H]2OCC(=O)N(c3ccccc3)C[C@H]2C1. The third-order valence-electron chi connectivity index (χ3n) is 5.49. The van der Waals surface area contributed by atoms with Crippen LogP contribution in [0.2, 0.25) is 0 Å². The van der Waals surface area contributed by atoms with Crippen LogP contribution in [0.4, 0.5) is 10.1 Å². The van der Waals surface area contributed by atoms with Crippen LogP contribution in [0.1, 0.15) is 12.0 Å². The van der Waals surface area contributed by atoms with E-state index in [9.17, 15) is 14.0 Å². The Morgan fingerprint density at radius 2 is 1.82 bits per heavy atom. The molecule has 2 aliphatic heterocycles. The van der Waals surface area contributed by atoms with Crippen LogP contribution in [0.3, 0.4) is 0 Å². The molecule has 0 bridgehead atoms. The molecule has 0 saturated carbocycles. The average molecular weight is 382 g/mol. The van der Waals surface area contributed by atoms with E-state index >= 15 is 0 Å². The fraction of sp³-hybridized carbons (Fsp3) is 0.364. The molecule has 2 fully saturated rings. The van der Waals surface area contributed by atoms with Gasteiger partial charge in [0.15, 0.2) is 0 Å². The molecule has 4 rings (SSSR count). The molecule has 2 aliphatic rings. The standard InChI is InChI=1S/C22H23FN2O3/c23-18-8-6-16(7-9-18)12-21(26)24-11-10-20-17(13-24)14-25(22(27)15-28-20)19-4-2-1-3-5-19/h1-9,17,20H,10-15H2/t17-,20+/m1/s1. The first kappa shape index (κ1) is 18.6. The van der Waals surface area contributed by atoms with Crippen LogP contribution < -0.4 is 4.90 Å². The minimum absolute atomic E-state index is 0.0203. The highest BCUT2D eigenvalue weighted by Gasteiger charge is 2.37. The zero-order valence-corrected chi connectivity index (χ0v) is 15.6. The first-order chi connectivity index (χ1) is 13.6. The highest BCUT2D eigenvalue weighted by atomic mass is 19.1. The maximum Gasteiger partial charge on any atom is 0.252 e. The average Bonchev–Trinajstić information content (AvgIpc) is 2.89. The normalized spacial score (nSPS) is 22.5. The largest absolute Gasteiger partial charge is 0.368 e. The topological polar surface area (TPSA) is 49.9 Å². The Morgan fingerprint density at radius 3 is 2.57 bits per heavy atom. The van der Waals surface area contributed by atoms with Gasteiger partial charge in [-0.2, -0.15) is 0 Å². The Hall–Kier alpha value is -2.73. The van der Waals surface area contributed by atoms with Crippen molar-refractivity contribution in [3.05, 3.63) is 66.0 Å². The lowest BCUT2D eigenvalue weighted by Gasteiger charge is -2.38. The highest BCUT2D eigenvalue weighted by Crippen LogP contribution is 2.27. The number of nitrogens with zero attached hydrogens (tertiary/aromatic N) is 2. The van der Waals surface area contributed by atoms with E-state index in [0.717, 1.165) is 17.7 Å². The van der Waals surface area contributed by atoms with E-state index in [1.54, 1.807) is 17.0 Å². The van der Waals surface area contributed by atoms with Gasteiger partial charge in [-0.05, 0) is 36.2 Å². The lowest BCUT2D eigenvalue weighted by molar-refractivity contribution is -0.136. The Labute approximate surface area is 163 Å². The van der Waals surface area contributed by atoms with E-state index in [1.807, 2.05) is 35.2 Å². The summed E-state index contributed by atoms with van der Waals surface area (Å²) in [4.78, 5) is 28.9. The van der Waals surface area contributed by atoms with Crippen molar-refractivity contribution < 1.29 is 18.7 Å². The number of anilines is 1. The molecule has 28 heavy (non-hydrogen) atoms. The van der Waals surface area contributed by atoms with E-state index in [1.165, 1.54) is 12.1 Å². The number of hydrogen-bond donors (Lipinski definition) is 0. The van der Waals surface area contributed by atoms with E-state index in [0.29, 0.717) is 19.6 Å². The van der Waals surface area contributed by atoms with Crippen LogP contribution in [0.5, 0.6) is 0 Å². The molecule has 0 aliphatic carbocycles. The summed E-state index contributed by atoms with van der Waals surface area (Å²) in [5.74, 6) is -0.271. The van der Waals surface area contributed by atoms with E-state index in [-0.39, 0.29) is 42.7 Å². The van der Waals surface area contributed by atoms with Gasteiger partial charge in [0.1, 0.15) is 12.4 Å². The molecule has 2 aromatic carbocycles. The molecule has 0 spiro atoms. The molecular formula is C22H23FN2O3. The van der Waals surface area contributed by atoms with Crippen LogP contribution in [0.15, 0.2) is 54.6 Å². The Kier molecular flexibility index (Phi) is 5.39. The zero-order chi connectivity index (χ0) is 19.5. The Balaban J connectivity index is 1.45. The third kappa shape index (κ3) is 4.07. The summed E-state index contributed by atoms with van der Waals surface area (Å²) in [6, 6.07) is 15.6. The Bertz CT molecular complexity index is 841. The van der Waals surface area contributed by atoms with Gasteiger partial charge in [0.2, 0.25) is 5.91 Å². The summed E-state index contributed by atoms with van der Waals surface area (Å²) >= 11 is 0. The smallest absolute Gasteiger partial charge is 0.252 e. The molecule has 2 aromatic rings. The molecule has 2 saturated heterocycles. The second kappa shape index (κ2) is 8.10. The van der Waals surface area contributed by atoms with Crippen molar-refractivity contribution >= 4 is 17.5 Å². The number of likely N-dealkylation sites (tertiary alicyclic amines) is 1. The van der Waals surface area contributed by atoms with Crippen molar-refractivity contribution in [1.29, 1.82) is 0 Å². The number of para-hydroxylation sites is 1. The number of ether oxygens (including phenoxy) is 1. The fourth-order valence-electron chi connectivity index (χ4n) is 3.97. The summed E-state index contributed by atoms with van der Waals surface area (Å²) in [6.07, 6.45) is 0.947. The van der Waals surface area contributed by atoms with Crippen molar-refractivity contribution in [2.45, 2.75) is 18.9 Å². The van der Waals surface area contributed by atoms with Gasteiger partial charge in [0.05, 0.1) is 12.5 Å².